The average molecular weight is 369 g/mol. The van der Waals surface area contributed by atoms with Crippen molar-refractivity contribution in [2.75, 3.05) is 7.11 Å². The van der Waals surface area contributed by atoms with Crippen LogP contribution in [0.15, 0.2) is 22.0 Å². The van der Waals surface area contributed by atoms with E-state index in [0.717, 1.165) is 5.75 Å². The van der Waals surface area contributed by atoms with Crippen LogP contribution in [0, 0.1) is 3.57 Å². The van der Waals surface area contributed by atoms with E-state index in [1.165, 1.54) is 17.4 Å². The monoisotopic (exact) mass is 368 g/mol. The van der Waals surface area contributed by atoms with Gasteiger partial charge < -0.3 is 4.74 Å². The lowest BCUT2D eigenvalue weighted by molar-refractivity contribution is 0.415. The molecule has 0 spiro atoms. The van der Waals surface area contributed by atoms with Crippen molar-refractivity contribution < 1.29 is 4.74 Å². The fourth-order valence-electron chi connectivity index (χ4n) is 1.14. The maximum absolute atomic E-state index is 5.16. The number of benzene rings is 1. The van der Waals surface area contributed by atoms with Gasteiger partial charge in [0.05, 0.1) is 10.9 Å². The van der Waals surface area contributed by atoms with Crippen molar-refractivity contribution >= 4 is 59.9 Å². The third-order valence-electron chi connectivity index (χ3n) is 1.80. The predicted octanol–water partition coefficient (Wildman–Crippen LogP) is 4.28. The molecule has 1 nitrogen and oxygen atoms in total. The van der Waals surface area contributed by atoms with Crippen LogP contribution >= 0.6 is 49.9 Å². The van der Waals surface area contributed by atoms with Gasteiger partial charge in [0.2, 0.25) is 0 Å². The van der Waals surface area contributed by atoms with Gasteiger partial charge in [0.15, 0.2) is 0 Å². The van der Waals surface area contributed by atoms with Crippen LogP contribution in [0.1, 0.15) is 0 Å². The second-order valence-electron chi connectivity index (χ2n) is 2.55. The summed E-state index contributed by atoms with van der Waals surface area (Å²) in [7, 11) is 1.69. The quantitative estimate of drug-likeness (QED) is 0.683. The minimum atomic E-state index is 0.914. The van der Waals surface area contributed by atoms with Crippen molar-refractivity contribution in [1.82, 2.24) is 0 Å². The van der Waals surface area contributed by atoms with Crippen LogP contribution < -0.4 is 4.74 Å². The van der Waals surface area contributed by atoms with Crippen molar-refractivity contribution in [2.45, 2.75) is 0 Å². The van der Waals surface area contributed by atoms with Crippen molar-refractivity contribution in [2.24, 2.45) is 0 Å². The lowest BCUT2D eigenvalue weighted by Gasteiger charge is -1.97. The van der Waals surface area contributed by atoms with E-state index in [0.29, 0.717) is 0 Å². The Bertz CT molecular complexity index is 452. The molecule has 1 aromatic carbocycles. The van der Waals surface area contributed by atoms with E-state index in [2.05, 4.69) is 50.7 Å². The molecule has 0 aliphatic carbocycles. The third kappa shape index (κ3) is 1.71. The van der Waals surface area contributed by atoms with Crippen LogP contribution in [0.3, 0.4) is 0 Å². The normalized spacial score (nSPS) is 10.7. The lowest BCUT2D eigenvalue weighted by Crippen LogP contribution is -1.80. The Hall–Kier alpha value is 0.190. The van der Waals surface area contributed by atoms with Crippen molar-refractivity contribution in [3.05, 3.63) is 25.6 Å². The Balaban J connectivity index is 2.73. The van der Waals surface area contributed by atoms with Gasteiger partial charge in [-0.3, -0.25) is 0 Å². The molecule has 0 N–H and O–H groups in total. The van der Waals surface area contributed by atoms with Gasteiger partial charge in [0.1, 0.15) is 5.75 Å². The predicted molar refractivity (Wildman–Crippen MR) is 68.8 cm³/mol. The number of hydrogen-bond donors (Lipinski definition) is 0. The fourth-order valence-corrected chi connectivity index (χ4v) is 3.71. The summed E-state index contributed by atoms with van der Waals surface area (Å²) in [6, 6.07) is 6.15. The summed E-state index contributed by atoms with van der Waals surface area (Å²) in [6.07, 6.45) is 0. The van der Waals surface area contributed by atoms with Crippen LogP contribution in [0.2, 0.25) is 0 Å². The van der Waals surface area contributed by atoms with Crippen LogP contribution in [-0.4, -0.2) is 7.11 Å². The Morgan fingerprint density at radius 3 is 2.92 bits per heavy atom. The highest BCUT2D eigenvalue weighted by molar-refractivity contribution is 14.1. The van der Waals surface area contributed by atoms with Gasteiger partial charge in [-0.1, -0.05) is 0 Å². The van der Waals surface area contributed by atoms with E-state index < -0.39 is 0 Å². The molecule has 0 fully saturated rings. The summed E-state index contributed by atoms with van der Waals surface area (Å²) in [4.78, 5) is 0. The number of fused-ring (bicyclic) bond motifs is 1. The van der Waals surface area contributed by atoms with Gasteiger partial charge in [-0.15, -0.1) is 11.3 Å². The molecule has 0 saturated carbocycles. The maximum Gasteiger partial charge on any atom is 0.120 e. The summed E-state index contributed by atoms with van der Waals surface area (Å²) in [5.41, 5.74) is 0. The van der Waals surface area contributed by atoms with Gasteiger partial charge in [-0.25, -0.2) is 0 Å². The summed E-state index contributed by atoms with van der Waals surface area (Å²) in [5, 5.41) is 1.29. The van der Waals surface area contributed by atoms with E-state index in [9.17, 15) is 0 Å². The molecule has 2 rings (SSSR count). The third-order valence-corrected chi connectivity index (χ3v) is 5.85. The second-order valence-corrected chi connectivity index (χ2v) is 6.00. The van der Waals surface area contributed by atoms with Crippen LogP contribution in [-0.2, 0) is 0 Å². The Morgan fingerprint density at radius 2 is 2.23 bits per heavy atom. The highest BCUT2D eigenvalue weighted by Crippen LogP contribution is 2.37. The van der Waals surface area contributed by atoms with Crippen molar-refractivity contribution in [3.8, 4) is 5.75 Å². The molecule has 68 valence electrons. The zero-order chi connectivity index (χ0) is 9.42. The molecule has 0 atom stereocenters. The summed E-state index contributed by atoms with van der Waals surface area (Å²) in [5.74, 6) is 0.914. The molecule has 1 heterocycles. The number of rotatable bonds is 1. The molecule has 0 bridgehead atoms. The number of halogens is 2. The molecular formula is C9H6BrIOS. The fraction of sp³-hybridized carbons (Fsp3) is 0.111. The smallest absolute Gasteiger partial charge is 0.120 e. The van der Waals surface area contributed by atoms with E-state index in [1.54, 1.807) is 18.4 Å². The topological polar surface area (TPSA) is 9.23 Å². The van der Waals surface area contributed by atoms with Gasteiger partial charge in [0.25, 0.3) is 0 Å². The van der Waals surface area contributed by atoms with Crippen LogP contribution in [0.4, 0.5) is 0 Å². The Labute approximate surface area is 102 Å². The second kappa shape index (κ2) is 3.74. The first kappa shape index (κ1) is 9.73. The molecule has 0 amide bonds. The molecule has 13 heavy (non-hydrogen) atoms. The molecule has 2 aromatic rings. The van der Waals surface area contributed by atoms with E-state index in [1.807, 2.05) is 6.07 Å². The number of ether oxygens (including phenoxy) is 1. The van der Waals surface area contributed by atoms with E-state index >= 15 is 0 Å². The molecule has 0 unspecified atom stereocenters. The van der Waals surface area contributed by atoms with Crippen LogP contribution in [0.5, 0.6) is 5.75 Å². The minimum absolute atomic E-state index is 0.914. The molecule has 0 aliphatic rings. The minimum Gasteiger partial charge on any atom is -0.497 e. The summed E-state index contributed by atoms with van der Waals surface area (Å²) < 4.78 is 8.89. The molecule has 4 heteroatoms. The largest absolute Gasteiger partial charge is 0.497 e. The van der Waals surface area contributed by atoms with Crippen molar-refractivity contribution in [3.63, 3.8) is 0 Å². The van der Waals surface area contributed by atoms with Gasteiger partial charge >= 0.3 is 0 Å². The zero-order valence-electron chi connectivity index (χ0n) is 6.80. The first-order chi connectivity index (χ1) is 6.22. The average Bonchev–Trinajstić information content (AvgIpc) is 2.42. The maximum atomic E-state index is 5.16. The molecule has 0 radical (unpaired) electrons. The van der Waals surface area contributed by atoms with Crippen LogP contribution in [0.25, 0.3) is 10.1 Å². The zero-order valence-corrected chi connectivity index (χ0v) is 11.4. The van der Waals surface area contributed by atoms with E-state index in [-0.39, 0.29) is 0 Å². The SMILES string of the molecule is COc1ccc2c(I)c(Br)sc2c1. The lowest BCUT2D eigenvalue weighted by atomic mass is 10.2. The summed E-state index contributed by atoms with van der Waals surface area (Å²) >= 11 is 7.61. The number of methoxy groups -OCH3 is 1. The van der Waals surface area contributed by atoms with Crippen molar-refractivity contribution in [1.29, 1.82) is 0 Å². The first-order valence-electron chi connectivity index (χ1n) is 3.64. The Kier molecular flexibility index (Phi) is 2.80. The molecular weight excluding hydrogens is 363 g/mol. The number of thiophene rings is 1. The van der Waals surface area contributed by atoms with E-state index in [4.69, 9.17) is 4.74 Å². The molecule has 0 aliphatic heterocycles. The number of hydrogen-bond acceptors (Lipinski definition) is 2. The van der Waals surface area contributed by atoms with Gasteiger partial charge in [-0.2, -0.15) is 0 Å². The highest BCUT2D eigenvalue weighted by atomic mass is 127. The summed E-state index contributed by atoms with van der Waals surface area (Å²) in [6.45, 7) is 0. The molecule has 0 saturated heterocycles. The Morgan fingerprint density at radius 1 is 1.46 bits per heavy atom. The molecule has 1 aromatic heterocycles. The highest BCUT2D eigenvalue weighted by Gasteiger charge is 2.07. The standard InChI is InChI=1S/C9H6BrIOS/c1-12-5-2-3-6-7(4-5)13-9(10)8(6)11/h2-4H,1H3. The van der Waals surface area contributed by atoms with Gasteiger partial charge in [-0.05, 0) is 56.7 Å². The van der Waals surface area contributed by atoms with Gasteiger partial charge in [0, 0.05) is 13.7 Å². The first-order valence-corrected chi connectivity index (χ1v) is 6.32.